The van der Waals surface area contributed by atoms with Gasteiger partial charge < -0.3 is 20.1 Å². The summed E-state index contributed by atoms with van der Waals surface area (Å²) in [5, 5.41) is 5.31. The summed E-state index contributed by atoms with van der Waals surface area (Å²) in [6.07, 6.45) is 2.79. The molecule has 144 valence electrons. The Kier molecular flexibility index (Phi) is 5.69. The van der Waals surface area contributed by atoms with E-state index in [0.717, 1.165) is 12.1 Å². The number of ether oxygens (including phenoxy) is 2. The Morgan fingerprint density at radius 3 is 2.43 bits per heavy atom. The van der Waals surface area contributed by atoms with Gasteiger partial charge in [-0.3, -0.25) is 9.78 Å². The Morgan fingerprint density at radius 1 is 1.00 bits per heavy atom. The third kappa shape index (κ3) is 4.17. The van der Waals surface area contributed by atoms with Crippen LogP contribution in [-0.4, -0.2) is 25.1 Å². The van der Waals surface area contributed by atoms with Crippen LogP contribution >= 0.6 is 0 Å². The number of rotatable bonds is 6. The van der Waals surface area contributed by atoms with E-state index < -0.39 is 23.2 Å². The molecule has 0 radical (unpaired) electrons. The number of amides is 1. The molecule has 0 unspecified atom stereocenters. The molecule has 0 fully saturated rings. The van der Waals surface area contributed by atoms with Crippen molar-refractivity contribution < 1.29 is 23.0 Å². The van der Waals surface area contributed by atoms with Crippen LogP contribution in [0.1, 0.15) is 10.4 Å². The first-order valence-corrected chi connectivity index (χ1v) is 8.21. The Labute approximate surface area is 160 Å². The Hall–Kier alpha value is -3.68. The van der Waals surface area contributed by atoms with Crippen LogP contribution < -0.4 is 20.1 Å². The van der Waals surface area contributed by atoms with Gasteiger partial charge in [0, 0.05) is 12.3 Å². The van der Waals surface area contributed by atoms with Gasteiger partial charge in [-0.25, -0.2) is 8.78 Å². The monoisotopic (exact) mass is 385 g/mol. The minimum Gasteiger partial charge on any atom is -0.497 e. The number of hydrogen-bond donors (Lipinski definition) is 2. The lowest BCUT2D eigenvalue weighted by Gasteiger charge is -2.13. The summed E-state index contributed by atoms with van der Waals surface area (Å²) in [4.78, 5) is 16.4. The van der Waals surface area contributed by atoms with Gasteiger partial charge in [-0.15, -0.1) is 0 Å². The molecule has 0 bridgehead atoms. The van der Waals surface area contributed by atoms with Crippen LogP contribution in [-0.2, 0) is 0 Å². The number of aromatic nitrogens is 1. The summed E-state index contributed by atoms with van der Waals surface area (Å²) in [5.41, 5.74) is 0.685. The third-order valence-corrected chi connectivity index (χ3v) is 3.89. The smallest absolute Gasteiger partial charge is 0.257 e. The van der Waals surface area contributed by atoms with Crippen LogP contribution in [0, 0.1) is 11.6 Å². The van der Waals surface area contributed by atoms with E-state index in [4.69, 9.17) is 9.47 Å². The minimum absolute atomic E-state index is 0.120. The second-order valence-corrected chi connectivity index (χ2v) is 5.70. The number of para-hydroxylation sites is 1. The zero-order valence-corrected chi connectivity index (χ0v) is 15.1. The van der Waals surface area contributed by atoms with Gasteiger partial charge in [0.05, 0.1) is 37.4 Å². The summed E-state index contributed by atoms with van der Waals surface area (Å²) >= 11 is 0. The predicted octanol–water partition coefficient (Wildman–Crippen LogP) is 4.37. The number of methoxy groups -OCH3 is 2. The molecule has 2 N–H and O–H groups in total. The molecule has 0 saturated heterocycles. The number of carbonyl (C=O) groups is 1. The molecule has 0 aliphatic heterocycles. The first-order chi connectivity index (χ1) is 13.5. The molecule has 1 heterocycles. The zero-order valence-electron chi connectivity index (χ0n) is 15.1. The molecule has 1 amide bonds. The summed E-state index contributed by atoms with van der Waals surface area (Å²) in [5.74, 6) is -1.25. The quantitative estimate of drug-likeness (QED) is 0.659. The van der Waals surface area contributed by atoms with Gasteiger partial charge in [0.15, 0.2) is 0 Å². The fourth-order valence-corrected chi connectivity index (χ4v) is 2.50. The van der Waals surface area contributed by atoms with E-state index in [9.17, 15) is 13.6 Å². The van der Waals surface area contributed by atoms with Crippen molar-refractivity contribution in [1.82, 2.24) is 4.98 Å². The Bertz CT molecular complexity index is 991. The maximum Gasteiger partial charge on any atom is 0.257 e. The van der Waals surface area contributed by atoms with Gasteiger partial charge in [-0.2, -0.15) is 0 Å². The highest BCUT2D eigenvalue weighted by molar-refractivity contribution is 6.04. The lowest BCUT2D eigenvalue weighted by atomic mass is 10.2. The topological polar surface area (TPSA) is 72.5 Å². The fourth-order valence-electron chi connectivity index (χ4n) is 2.50. The molecule has 0 atom stereocenters. The SMILES string of the molecule is COc1ccc(OC)c(Nc2cncc(C(=O)Nc3c(F)cccc3F)c2)c1. The molecule has 3 rings (SSSR count). The highest BCUT2D eigenvalue weighted by atomic mass is 19.1. The molecule has 0 saturated carbocycles. The van der Waals surface area contributed by atoms with E-state index >= 15 is 0 Å². The predicted molar refractivity (Wildman–Crippen MR) is 101 cm³/mol. The standard InChI is InChI=1S/C20H17F2N3O3/c1-27-14-6-7-18(28-2)17(9-14)24-13-8-12(10-23-11-13)20(26)25-19-15(21)4-3-5-16(19)22/h3-11,24H,1-2H3,(H,25,26). The molecular formula is C20H17F2N3O3. The summed E-state index contributed by atoms with van der Waals surface area (Å²) in [6, 6.07) is 10.0. The molecule has 8 heteroatoms. The van der Waals surface area contributed by atoms with Crippen molar-refractivity contribution in [2.24, 2.45) is 0 Å². The van der Waals surface area contributed by atoms with Gasteiger partial charge in [0.2, 0.25) is 0 Å². The van der Waals surface area contributed by atoms with Crippen molar-refractivity contribution in [3.8, 4) is 11.5 Å². The van der Waals surface area contributed by atoms with Crippen molar-refractivity contribution in [3.63, 3.8) is 0 Å². The Balaban J connectivity index is 1.84. The average molecular weight is 385 g/mol. The van der Waals surface area contributed by atoms with Crippen molar-refractivity contribution >= 4 is 23.0 Å². The summed E-state index contributed by atoms with van der Waals surface area (Å²) in [6.45, 7) is 0. The molecule has 2 aromatic carbocycles. The maximum atomic E-state index is 13.7. The van der Waals surface area contributed by atoms with Gasteiger partial charge in [0.25, 0.3) is 5.91 Å². The number of nitrogens with one attached hydrogen (secondary N) is 2. The molecule has 3 aromatic rings. The molecule has 6 nitrogen and oxygen atoms in total. The number of carbonyl (C=O) groups excluding carboxylic acids is 1. The second kappa shape index (κ2) is 8.34. The normalized spacial score (nSPS) is 10.3. The fraction of sp³-hybridized carbons (Fsp3) is 0.100. The van der Waals surface area contributed by atoms with Gasteiger partial charge in [0.1, 0.15) is 28.8 Å². The first-order valence-electron chi connectivity index (χ1n) is 8.21. The van der Waals surface area contributed by atoms with Crippen molar-refractivity contribution in [1.29, 1.82) is 0 Å². The molecule has 1 aromatic heterocycles. The highest BCUT2D eigenvalue weighted by Crippen LogP contribution is 2.31. The highest BCUT2D eigenvalue weighted by Gasteiger charge is 2.14. The van der Waals surface area contributed by atoms with Crippen molar-refractivity contribution in [2.75, 3.05) is 24.9 Å². The van der Waals surface area contributed by atoms with Crippen LogP contribution in [0.2, 0.25) is 0 Å². The summed E-state index contributed by atoms with van der Waals surface area (Å²) in [7, 11) is 3.07. The Morgan fingerprint density at radius 2 is 1.75 bits per heavy atom. The molecular weight excluding hydrogens is 368 g/mol. The van der Waals surface area contributed by atoms with E-state index in [2.05, 4.69) is 15.6 Å². The molecule has 0 aliphatic carbocycles. The van der Waals surface area contributed by atoms with E-state index in [1.807, 2.05) is 0 Å². The minimum atomic E-state index is -0.864. The maximum absolute atomic E-state index is 13.7. The first kappa shape index (κ1) is 19.1. The van der Waals surface area contributed by atoms with E-state index in [0.29, 0.717) is 22.9 Å². The molecule has 28 heavy (non-hydrogen) atoms. The van der Waals surface area contributed by atoms with Gasteiger partial charge in [-0.05, 0) is 30.3 Å². The van der Waals surface area contributed by atoms with Gasteiger partial charge in [-0.1, -0.05) is 6.07 Å². The summed E-state index contributed by atoms with van der Waals surface area (Å²) < 4.78 is 38.0. The zero-order chi connectivity index (χ0) is 20.1. The largest absolute Gasteiger partial charge is 0.497 e. The lowest BCUT2D eigenvalue weighted by molar-refractivity contribution is 0.102. The number of hydrogen-bond acceptors (Lipinski definition) is 5. The molecule has 0 spiro atoms. The van der Waals surface area contributed by atoms with Crippen molar-refractivity contribution in [3.05, 3.63) is 72.1 Å². The van der Waals surface area contributed by atoms with Crippen molar-refractivity contribution in [2.45, 2.75) is 0 Å². The van der Waals surface area contributed by atoms with Gasteiger partial charge >= 0.3 is 0 Å². The van der Waals surface area contributed by atoms with E-state index in [-0.39, 0.29) is 5.56 Å². The number of benzene rings is 2. The number of nitrogens with zero attached hydrogens (tertiary/aromatic N) is 1. The van der Waals surface area contributed by atoms with E-state index in [1.54, 1.807) is 25.3 Å². The molecule has 0 aliphatic rings. The van der Waals surface area contributed by atoms with Crippen LogP contribution in [0.4, 0.5) is 25.8 Å². The van der Waals surface area contributed by atoms with E-state index in [1.165, 1.54) is 31.6 Å². The third-order valence-electron chi connectivity index (χ3n) is 3.89. The lowest BCUT2D eigenvalue weighted by Crippen LogP contribution is -2.14. The number of pyridine rings is 1. The van der Waals surface area contributed by atoms with Crippen LogP contribution in [0.15, 0.2) is 54.9 Å². The second-order valence-electron chi connectivity index (χ2n) is 5.70. The van der Waals surface area contributed by atoms with Crippen LogP contribution in [0.5, 0.6) is 11.5 Å². The number of anilines is 3. The number of halogens is 2. The van der Waals surface area contributed by atoms with Crippen LogP contribution in [0.25, 0.3) is 0 Å². The average Bonchev–Trinajstić information content (AvgIpc) is 2.71. The van der Waals surface area contributed by atoms with Crippen LogP contribution in [0.3, 0.4) is 0 Å².